The van der Waals surface area contributed by atoms with E-state index in [0.29, 0.717) is 11.6 Å². The van der Waals surface area contributed by atoms with E-state index in [1.165, 1.54) is 6.07 Å². The summed E-state index contributed by atoms with van der Waals surface area (Å²) in [5, 5.41) is 2.66. The number of hydrogen-bond donors (Lipinski definition) is 1. The van der Waals surface area contributed by atoms with Gasteiger partial charge in [-0.15, -0.1) is 0 Å². The second kappa shape index (κ2) is 4.47. The number of anilines is 1. The topological polar surface area (TPSA) is 29.1 Å². The lowest BCUT2D eigenvalue weighted by atomic mass is 9.83. The van der Waals surface area contributed by atoms with Crippen LogP contribution < -0.4 is 5.32 Å². The molecular weight excluding hydrogens is 217 g/mol. The highest BCUT2D eigenvalue weighted by Gasteiger charge is 2.36. The molecule has 2 atom stereocenters. The molecule has 1 amide bonds. The second-order valence-corrected chi connectivity index (χ2v) is 5.28. The quantitative estimate of drug-likeness (QED) is 0.853. The molecule has 1 aliphatic rings. The van der Waals surface area contributed by atoms with Crippen LogP contribution in [0.2, 0.25) is 0 Å². The number of nitrogens with one attached hydrogen (secondary N) is 1. The predicted octanol–water partition coefficient (Wildman–Crippen LogP) is 3.54. The fraction of sp³-hybridized carbons (Fsp3) is 0.500. The summed E-state index contributed by atoms with van der Waals surface area (Å²) in [6, 6.07) is 4.90. The fourth-order valence-electron chi connectivity index (χ4n) is 2.72. The van der Waals surface area contributed by atoms with Crippen LogP contribution in [0.3, 0.4) is 0 Å². The largest absolute Gasteiger partial charge is 0.323 e. The maximum absolute atomic E-state index is 13.5. The Morgan fingerprint density at radius 1 is 1.35 bits per heavy atom. The molecule has 0 saturated heterocycles. The van der Waals surface area contributed by atoms with Crippen LogP contribution in [0.15, 0.2) is 18.2 Å². The molecule has 1 heterocycles. The van der Waals surface area contributed by atoms with Crippen LogP contribution in [0.25, 0.3) is 0 Å². The highest BCUT2D eigenvalue weighted by Crippen LogP contribution is 2.40. The number of carbonyl (C=O) groups excluding carboxylic acids is 1. The molecule has 17 heavy (non-hydrogen) atoms. The molecule has 0 radical (unpaired) electrons. The average molecular weight is 235 g/mol. The van der Waals surface area contributed by atoms with Gasteiger partial charge in [0.15, 0.2) is 0 Å². The van der Waals surface area contributed by atoms with E-state index in [9.17, 15) is 9.18 Å². The van der Waals surface area contributed by atoms with Gasteiger partial charge in [0.05, 0.1) is 11.6 Å². The van der Waals surface area contributed by atoms with E-state index in [0.717, 1.165) is 12.0 Å². The number of hydrogen-bond acceptors (Lipinski definition) is 1. The lowest BCUT2D eigenvalue weighted by molar-refractivity contribution is -0.118. The predicted molar refractivity (Wildman–Crippen MR) is 66.4 cm³/mol. The van der Waals surface area contributed by atoms with Gasteiger partial charge in [-0.2, -0.15) is 0 Å². The van der Waals surface area contributed by atoms with Gasteiger partial charge in [0.1, 0.15) is 5.82 Å². The van der Waals surface area contributed by atoms with Gasteiger partial charge in [0.25, 0.3) is 0 Å². The lowest BCUT2D eigenvalue weighted by Crippen LogP contribution is -2.20. The highest BCUT2D eigenvalue weighted by molar-refractivity contribution is 6.03. The van der Waals surface area contributed by atoms with Gasteiger partial charge in [0, 0.05) is 0 Å². The Kier molecular flexibility index (Phi) is 3.18. The van der Waals surface area contributed by atoms with Gasteiger partial charge in [-0.3, -0.25) is 4.79 Å². The first kappa shape index (κ1) is 12.1. The van der Waals surface area contributed by atoms with Gasteiger partial charge in [-0.25, -0.2) is 4.39 Å². The average Bonchev–Trinajstić information content (AvgIpc) is 2.55. The summed E-state index contributed by atoms with van der Waals surface area (Å²) in [6.07, 6.45) is 0.966. The molecule has 1 aliphatic heterocycles. The molecule has 2 unspecified atom stereocenters. The highest BCUT2D eigenvalue weighted by atomic mass is 19.1. The third-order valence-corrected chi connectivity index (χ3v) is 3.32. The molecule has 0 saturated carbocycles. The molecule has 0 spiro atoms. The van der Waals surface area contributed by atoms with E-state index in [1.54, 1.807) is 6.07 Å². The van der Waals surface area contributed by atoms with Crippen molar-refractivity contribution in [3.63, 3.8) is 0 Å². The number of fused-ring (bicyclic) bond motifs is 1. The monoisotopic (exact) mass is 235 g/mol. The first-order valence-electron chi connectivity index (χ1n) is 6.10. The van der Waals surface area contributed by atoms with Crippen molar-refractivity contribution >= 4 is 11.6 Å². The van der Waals surface area contributed by atoms with Gasteiger partial charge in [-0.1, -0.05) is 32.9 Å². The van der Waals surface area contributed by atoms with Crippen molar-refractivity contribution < 1.29 is 9.18 Å². The third kappa shape index (κ3) is 2.19. The maximum atomic E-state index is 13.5. The molecule has 0 aromatic heterocycles. The van der Waals surface area contributed by atoms with Crippen LogP contribution in [0.1, 0.15) is 38.7 Å². The summed E-state index contributed by atoms with van der Waals surface area (Å²) in [6.45, 7) is 6.33. The van der Waals surface area contributed by atoms with Crippen molar-refractivity contribution in [1.29, 1.82) is 0 Å². The summed E-state index contributed by atoms with van der Waals surface area (Å²) in [4.78, 5) is 11.9. The first-order chi connectivity index (χ1) is 8.00. The van der Waals surface area contributed by atoms with Crippen LogP contribution in [-0.4, -0.2) is 5.91 Å². The number of para-hydroxylation sites is 1. The Morgan fingerprint density at radius 2 is 2.06 bits per heavy atom. The van der Waals surface area contributed by atoms with Crippen molar-refractivity contribution in [1.82, 2.24) is 0 Å². The first-order valence-corrected chi connectivity index (χ1v) is 6.10. The van der Waals surface area contributed by atoms with Gasteiger partial charge >= 0.3 is 0 Å². The summed E-state index contributed by atoms with van der Waals surface area (Å²) in [5.74, 6) is 0.157. The number of carbonyl (C=O) groups is 1. The van der Waals surface area contributed by atoms with Gasteiger partial charge in [-0.05, 0) is 29.9 Å². The smallest absolute Gasteiger partial charge is 0.232 e. The molecule has 92 valence electrons. The molecule has 0 aliphatic carbocycles. The molecule has 2 rings (SSSR count). The standard InChI is InChI=1S/C14H18FNO/c1-8(2)7-9(3)12-10-5-4-6-11(15)13(10)16-14(12)17/h4-6,8-9,12H,7H2,1-3H3,(H,16,17). The van der Waals surface area contributed by atoms with E-state index in [-0.39, 0.29) is 23.6 Å². The van der Waals surface area contributed by atoms with Gasteiger partial charge in [0.2, 0.25) is 5.91 Å². The van der Waals surface area contributed by atoms with Crippen LogP contribution in [0.4, 0.5) is 10.1 Å². The molecule has 1 aromatic carbocycles. The molecule has 2 nitrogen and oxygen atoms in total. The normalized spacial score (nSPS) is 20.3. The number of benzene rings is 1. The number of amides is 1. The van der Waals surface area contributed by atoms with Crippen LogP contribution >= 0.6 is 0 Å². The fourth-order valence-corrected chi connectivity index (χ4v) is 2.72. The van der Waals surface area contributed by atoms with E-state index in [2.05, 4.69) is 26.1 Å². The van der Waals surface area contributed by atoms with E-state index >= 15 is 0 Å². The van der Waals surface area contributed by atoms with Crippen LogP contribution in [-0.2, 0) is 4.79 Å². The Hall–Kier alpha value is -1.38. The summed E-state index contributed by atoms with van der Waals surface area (Å²) in [7, 11) is 0. The zero-order valence-electron chi connectivity index (χ0n) is 10.5. The Labute approximate surface area is 101 Å². The maximum Gasteiger partial charge on any atom is 0.232 e. The Bertz CT molecular complexity index is 442. The Balaban J connectivity index is 2.32. The minimum absolute atomic E-state index is 0.0711. The minimum atomic E-state index is -0.338. The zero-order valence-corrected chi connectivity index (χ0v) is 10.5. The summed E-state index contributed by atoms with van der Waals surface area (Å²) >= 11 is 0. The molecule has 3 heteroatoms. The van der Waals surface area contributed by atoms with Crippen molar-refractivity contribution in [2.24, 2.45) is 11.8 Å². The molecule has 0 fully saturated rings. The minimum Gasteiger partial charge on any atom is -0.323 e. The second-order valence-electron chi connectivity index (χ2n) is 5.28. The lowest BCUT2D eigenvalue weighted by Gasteiger charge is -2.19. The number of halogens is 1. The van der Waals surface area contributed by atoms with E-state index < -0.39 is 0 Å². The van der Waals surface area contributed by atoms with Crippen LogP contribution in [0.5, 0.6) is 0 Å². The van der Waals surface area contributed by atoms with Gasteiger partial charge < -0.3 is 5.32 Å². The van der Waals surface area contributed by atoms with E-state index in [1.807, 2.05) is 6.07 Å². The molecule has 1 N–H and O–H groups in total. The van der Waals surface area contributed by atoms with Crippen molar-refractivity contribution in [2.45, 2.75) is 33.1 Å². The molecule has 1 aromatic rings. The molecular formula is C14H18FNO. The van der Waals surface area contributed by atoms with E-state index in [4.69, 9.17) is 0 Å². The Morgan fingerprint density at radius 3 is 2.71 bits per heavy atom. The number of rotatable bonds is 3. The third-order valence-electron chi connectivity index (χ3n) is 3.32. The summed E-state index contributed by atoms with van der Waals surface area (Å²) < 4.78 is 13.5. The molecule has 0 bridgehead atoms. The van der Waals surface area contributed by atoms with Crippen LogP contribution in [0, 0.1) is 17.7 Å². The van der Waals surface area contributed by atoms with Crippen molar-refractivity contribution in [3.8, 4) is 0 Å². The van der Waals surface area contributed by atoms with Crippen molar-refractivity contribution in [3.05, 3.63) is 29.6 Å². The van der Waals surface area contributed by atoms with Crippen molar-refractivity contribution in [2.75, 3.05) is 5.32 Å². The summed E-state index contributed by atoms with van der Waals surface area (Å²) in [5.41, 5.74) is 1.18. The zero-order chi connectivity index (χ0) is 12.6. The SMILES string of the molecule is CC(C)CC(C)C1C(=O)Nc2c(F)cccc21.